The van der Waals surface area contributed by atoms with E-state index in [1.165, 1.54) is 32.1 Å². The monoisotopic (exact) mass is 303 g/mol. The Hall–Kier alpha value is -1.42. The second kappa shape index (κ2) is 8.89. The maximum absolute atomic E-state index is 12.4. The normalized spacial score (nSPS) is 18.3. The van der Waals surface area contributed by atoms with Crippen molar-refractivity contribution in [3.8, 4) is 0 Å². The van der Waals surface area contributed by atoms with Crippen LogP contribution in [0.4, 0.5) is 5.82 Å². The van der Waals surface area contributed by atoms with Crippen molar-refractivity contribution in [3.05, 3.63) is 24.4 Å². The highest BCUT2D eigenvalue weighted by atomic mass is 16.2. The molecular formula is C18H29N3O. The summed E-state index contributed by atoms with van der Waals surface area (Å²) in [5.41, 5.74) is 0. The SMILES string of the molecule is CCC(=O)N(c1ccccn1)C(C)CN1CCCCCCC1. The van der Waals surface area contributed by atoms with Crippen LogP contribution in [0.25, 0.3) is 0 Å². The molecule has 22 heavy (non-hydrogen) atoms. The van der Waals surface area contributed by atoms with Gasteiger partial charge in [-0.25, -0.2) is 4.98 Å². The van der Waals surface area contributed by atoms with Gasteiger partial charge in [-0.1, -0.05) is 32.3 Å². The lowest BCUT2D eigenvalue weighted by Crippen LogP contribution is -2.46. The van der Waals surface area contributed by atoms with E-state index in [-0.39, 0.29) is 11.9 Å². The highest BCUT2D eigenvalue weighted by molar-refractivity contribution is 5.92. The minimum Gasteiger partial charge on any atom is -0.301 e. The number of carbonyl (C=O) groups excluding carboxylic acids is 1. The van der Waals surface area contributed by atoms with Gasteiger partial charge in [-0.05, 0) is 45.0 Å². The van der Waals surface area contributed by atoms with Crippen LogP contribution in [-0.4, -0.2) is 41.5 Å². The van der Waals surface area contributed by atoms with Gasteiger partial charge in [0.2, 0.25) is 5.91 Å². The average molecular weight is 303 g/mol. The molecule has 1 amide bonds. The molecule has 4 nitrogen and oxygen atoms in total. The Morgan fingerprint density at radius 3 is 2.50 bits per heavy atom. The summed E-state index contributed by atoms with van der Waals surface area (Å²) in [4.78, 5) is 21.2. The number of likely N-dealkylation sites (tertiary alicyclic amines) is 1. The number of aromatic nitrogens is 1. The Morgan fingerprint density at radius 1 is 1.23 bits per heavy atom. The van der Waals surface area contributed by atoms with Crippen molar-refractivity contribution in [2.24, 2.45) is 0 Å². The van der Waals surface area contributed by atoms with Crippen LogP contribution >= 0.6 is 0 Å². The maximum atomic E-state index is 12.4. The summed E-state index contributed by atoms with van der Waals surface area (Å²) in [7, 11) is 0. The molecule has 1 aromatic heterocycles. The van der Waals surface area contributed by atoms with Crippen molar-refractivity contribution in [2.75, 3.05) is 24.5 Å². The molecule has 0 spiro atoms. The van der Waals surface area contributed by atoms with E-state index < -0.39 is 0 Å². The Labute approximate surface area is 134 Å². The predicted octanol–water partition coefficient (Wildman–Crippen LogP) is 3.48. The minimum absolute atomic E-state index is 0.151. The summed E-state index contributed by atoms with van der Waals surface area (Å²) < 4.78 is 0. The van der Waals surface area contributed by atoms with Crippen molar-refractivity contribution in [1.29, 1.82) is 0 Å². The zero-order valence-electron chi connectivity index (χ0n) is 14.0. The molecule has 0 N–H and O–H groups in total. The highest BCUT2D eigenvalue weighted by Crippen LogP contribution is 2.17. The highest BCUT2D eigenvalue weighted by Gasteiger charge is 2.23. The second-order valence-corrected chi connectivity index (χ2v) is 6.22. The summed E-state index contributed by atoms with van der Waals surface area (Å²) >= 11 is 0. The smallest absolute Gasteiger partial charge is 0.228 e. The third-order valence-electron chi connectivity index (χ3n) is 4.38. The molecule has 1 atom stereocenters. The molecule has 0 saturated carbocycles. The second-order valence-electron chi connectivity index (χ2n) is 6.22. The first-order chi connectivity index (χ1) is 10.7. The van der Waals surface area contributed by atoms with Gasteiger partial charge in [0.05, 0.1) is 0 Å². The van der Waals surface area contributed by atoms with Gasteiger partial charge < -0.3 is 4.90 Å². The fourth-order valence-electron chi connectivity index (χ4n) is 3.22. The number of rotatable bonds is 5. The minimum atomic E-state index is 0.151. The summed E-state index contributed by atoms with van der Waals surface area (Å²) in [5, 5.41) is 0. The van der Waals surface area contributed by atoms with Crippen molar-refractivity contribution in [1.82, 2.24) is 9.88 Å². The number of nitrogens with zero attached hydrogens (tertiary/aromatic N) is 3. The molecule has 0 radical (unpaired) electrons. The van der Waals surface area contributed by atoms with Crippen LogP contribution < -0.4 is 4.90 Å². The van der Waals surface area contributed by atoms with Crippen LogP contribution in [0.5, 0.6) is 0 Å². The van der Waals surface area contributed by atoms with Crippen molar-refractivity contribution >= 4 is 11.7 Å². The van der Waals surface area contributed by atoms with E-state index >= 15 is 0 Å². The third-order valence-corrected chi connectivity index (χ3v) is 4.38. The molecule has 4 heteroatoms. The molecule has 0 aromatic carbocycles. The van der Waals surface area contributed by atoms with Gasteiger partial charge in [-0.2, -0.15) is 0 Å². The summed E-state index contributed by atoms with van der Waals surface area (Å²) in [6.45, 7) is 7.30. The number of anilines is 1. The van der Waals surface area contributed by atoms with Gasteiger partial charge >= 0.3 is 0 Å². The van der Waals surface area contributed by atoms with E-state index in [1.807, 2.05) is 30.0 Å². The zero-order chi connectivity index (χ0) is 15.8. The van der Waals surface area contributed by atoms with Crippen molar-refractivity contribution in [3.63, 3.8) is 0 Å². The lowest BCUT2D eigenvalue weighted by Gasteiger charge is -2.33. The Kier molecular flexibility index (Phi) is 6.84. The number of amides is 1. The van der Waals surface area contributed by atoms with Crippen LogP contribution in [-0.2, 0) is 4.79 Å². The van der Waals surface area contributed by atoms with E-state index in [0.717, 1.165) is 25.5 Å². The van der Waals surface area contributed by atoms with Crippen molar-refractivity contribution < 1.29 is 4.79 Å². The first-order valence-electron chi connectivity index (χ1n) is 8.67. The molecule has 1 saturated heterocycles. The topological polar surface area (TPSA) is 36.4 Å². The van der Waals surface area contributed by atoms with E-state index in [9.17, 15) is 4.79 Å². The molecule has 2 rings (SSSR count). The molecule has 2 heterocycles. The Morgan fingerprint density at radius 2 is 1.91 bits per heavy atom. The molecule has 1 aliphatic heterocycles. The number of pyridine rings is 1. The Bertz CT molecular complexity index is 441. The van der Waals surface area contributed by atoms with Crippen LogP contribution in [0.3, 0.4) is 0 Å². The fourth-order valence-corrected chi connectivity index (χ4v) is 3.22. The fraction of sp³-hybridized carbons (Fsp3) is 0.667. The summed E-state index contributed by atoms with van der Waals surface area (Å²) in [6, 6.07) is 5.92. The van der Waals surface area contributed by atoms with Crippen LogP contribution in [0.15, 0.2) is 24.4 Å². The van der Waals surface area contributed by atoms with Gasteiger partial charge in [-0.3, -0.25) is 9.69 Å². The predicted molar refractivity (Wildman–Crippen MR) is 91.0 cm³/mol. The molecule has 0 aliphatic carbocycles. The molecule has 1 unspecified atom stereocenters. The maximum Gasteiger partial charge on any atom is 0.228 e. The number of carbonyl (C=O) groups is 1. The van der Waals surface area contributed by atoms with E-state index in [1.54, 1.807) is 6.20 Å². The lowest BCUT2D eigenvalue weighted by atomic mass is 10.1. The van der Waals surface area contributed by atoms with Crippen LogP contribution in [0.1, 0.15) is 52.4 Å². The van der Waals surface area contributed by atoms with Crippen molar-refractivity contribution in [2.45, 2.75) is 58.4 Å². The van der Waals surface area contributed by atoms with Gasteiger partial charge in [0.25, 0.3) is 0 Å². The van der Waals surface area contributed by atoms with Gasteiger partial charge in [0.15, 0.2) is 0 Å². The largest absolute Gasteiger partial charge is 0.301 e. The molecule has 1 aliphatic rings. The van der Waals surface area contributed by atoms with Gasteiger partial charge in [0, 0.05) is 25.2 Å². The van der Waals surface area contributed by atoms with Gasteiger partial charge in [-0.15, -0.1) is 0 Å². The molecular weight excluding hydrogens is 274 g/mol. The first kappa shape index (κ1) is 16.9. The third kappa shape index (κ3) is 4.80. The number of hydrogen-bond donors (Lipinski definition) is 0. The first-order valence-corrected chi connectivity index (χ1v) is 8.67. The lowest BCUT2D eigenvalue weighted by molar-refractivity contribution is -0.118. The molecule has 122 valence electrons. The van der Waals surface area contributed by atoms with E-state index in [2.05, 4.69) is 16.8 Å². The van der Waals surface area contributed by atoms with Gasteiger partial charge in [0.1, 0.15) is 5.82 Å². The molecule has 1 aromatic rings. The summed E-state index contributed by atoms with van der Waals surface area (Å²) in [5.74, 6) is 0.923. The average Bonchev–Trinajstić information content (AvgIpc) is 2.51. The van der Waals surface area contributed by atoms with E-state index in [4.69, 9.17) is 0 Å². The van der Waals surface area contributed by atoms with Crippen LogP contribution in [0, 0.1) is 0 Å². The zero-order valence-corrected chi connectivity index (χ0v) is 14.0. The quantitative estimate of drug-likeness (QED) is 0.835. The van der Waals surface area contributed by atoms with Crippen LogP contribution in [0.2, 0.25) is 0 Å². The summed E-state index contributed by atoms with van der Waals surface area (Å²) in [6.07, 6.45) is 8.87. The standard InChI is InChI=1S/C18H29N3O/c1-3-18(22)21(17-11-7-8-12-19-17)16(2)15-20-13-9-5-4-6-10-14-20/h7-8,11-12,16H,3-6,9-10,13-15H2,1-2H3. The molecule has 0 bridgehead atoms. The Balaban J connectivity index is 2.04. The van der Waals surface area contributed by atoms with E-state index in [0.29, 0.717) is 6.42 Å². The number of hydrogen-bond acceptors (Lipinski definition) is 3. The molecule has 1 fully saturated rings.